The van der Waals surface area contributed by atoms with Crippen LogP contribution >= 0.6 is 0 Å². The van der Waals surface area contributed by atoms with E-state index in [1.165, 1.54) is 12.1 Å². The van der Waals surface area contributed by atoms with E-state index in [0.29, 0.717) is 30.3 Å². The summed E-state index contributed by atoms with van der Waals surface area (Å²) >= 11 is 0. The Balaban J connectivity index is 1.30. The summed E-state index contributed by atoms with van der Waals surface area (Å²) in [5.41, 5.74) is 3.08. The van der Waals surface area contributed by atoms with Crippen molar-refractivity contribution in [1.82, 2.24) is 10.3 Å². The first kappa shape index (κ1) is 18.7. The Labute approximate surface area is 167 Å². The SMILES string of the molecule is O=C(NCc1ccc2c(c1)OCO2)c1cc(NCCc2ccc(F)cc2)ccn1. The molecule has 1 aliphatic heterocycles. The molecule has 0 aliphatic carbocycles. The quantitative estimate of drug-likeness (QED) is 0.643. The number of aromatic nitrogens is 1. The fourth-order valence-corrected chi connectivity index (χ4v) is 2.99. The molecule has 0 saturated heterocycles. The van der Waals surface area contributed by atoms with Gasteiger partial charge < -0.3 is 20.1 Å². The third-order valence-electron chi connectivity index (χ3n) is 4.54. The van der Waals surface area contributed by atoms with Crippen molar-refractivity contribution in [2.24, 2.45) is 0 Å². The molecule has 0 bridgehead atoms. The maximum atomic E-state index is 13.0. The Morgan fingerprint density at radius 1 is 1.00 bits per heavy atom. The summed E-state index contributed by atoms with van der Waals surface area (Å²) in [6, 6.07) is 15.5. The molecule has 0 unspecified atom stereocenters. The molecule has 3 aromatic rings. The highest BCUT2D eigenvalue weighted by Crippen LogP contribution is 2.32. The molecular formula is C22H20FN3O3. The minimum absolute atomic E-state index is 0.218. The monoisotopic (exact) mass is 393 g/mol. The molecule has 1 aromatic heterocycles. The highest BCUT2D eigenvalue weighted by atomic mass is 19.1. The summed E-state index contributed by atoms with van der Waals surface area (Å²) in [7, 11) is 0. The molecule has 2 aromatic carbocycles. The van der Waals surface area contributed by atoms with Gasteiger partial charge in [0.25, 0.3) is 5.91 Å². The minimum Gasteiger partial charge on any atom is -0.454 e. The highest BCUT2D eigenvalue weighted by Gasteiger charge is 2.14. The Bertz CT molecular complexity index is 1010. The standard InChI is InChI=1S/C22H20FN3O3/c23-17-4-1-15(2-5-17)7-9-24-18-8-10-25-19(12-18)22(27)26-13-16-3-6-20-21(11-16)29-14-28-20/h1-6,8,10-12H,7,9,13-14H2,(H,24,25)(H,26,27). The van der Waals surface area contributed by atoms with Gasteiger partial charge in [-0.15, -0.1) is 0 Å². The molecule has 6 nitrogen and oxygen atoms in total. The van der Waals surface area contributed by atoms with Crippen LogP contribution in [0.1, 0.15) is 21.6 Å². The van der Waals surface area contributed by atoms with E-state index >= 15 is 0 Å². The smallest absolute Gasteiger partial charge is 0.270 e. The summed E-state index contributed by atoms with van der Waals surface area (Å²) in [5, 5.41) is 6.12. The topological polar surface area (TPSA) is 72.5 Å². The lowest BCUT2D eigenvalue weighted by Gasteiger charge is -2.09. The van der Waals surface area contributed by atoms with Crippen LogP contribution in [0.5, 0.6) is 11.5 Å². The number of benzene rings is 2. The zero-order chi connectivity index (χ0) is 20.1. The predicted molar refractivity (Wildman–Crippen MR) is 107 cm³/mol. The molecule has 1 amide bonds. The number of halogens is 1. The number of rotatable bonds is 7. The van der Waals surface area contributed by atoms with Gasteiger partial charge in [0.05, 0.1) is 0 Å². The minimum atomic E-state index is -0.259. The zero-order valence-electron chi connectivity index (χ0n) is 15.7. The molecule has 2 N–H and O–H groups in total. The van der Waals surface area contributed by atoms with Crippen molar-refractivity contribution in [3.8, 4) is 11.5 Å². The van der Waals surface area contributed by atoms with Crippen molar-refractivity contribution in [2.75, 3.05) is 18.7 Å². The van der Waals surface area contributed by atoms with Gasteiger partial charge in [0.15, 0.2) is 11.5 Å². The summed E-state index contributed by atoms with van der Waals surface area (Å²) in [6.45, 7) is 1.24. The maximum absolute atomic E-state index is 13.0. The van der Waals surface area contributed by atoms with Gasteiger partial charge >= 0.3 is 0 Å². The fraction of sp³-hybridized carbons (Fsp3) is 0.182. The highest BCUT2D eigenvalue weighted by molar-refractivity contribution is 5.93. The van der Waals surface area contributed by atoms with Gasteiger partial charge in [-0.25, -0.2) is 4.39 Å². The normalized spacial score (nSPS) is 11.9. The predicted octanol–water partition coefficient (Wildman–Crippen LogP) is 3.53. The average molecular weight is 393 g/mol. The average Bonchev–Trinajstić information content (AvgIpc) is 3.21. The van der Waals surface area contributed by atoms with Gasteiger partial charge in [0.2, 0.25) is 6.79 Å². The number of carbonyl (C=O) groups is 1. The summed E-state index contributed by atoms with van der Waals surface area (Å²) in [5.74, 6) is 0.889. The van der Waals surface area contributed by atoms with Crippen LogP contribution in [0.2, 0.25) is 0 Å². The molecule has 0 saturated carbocycles. The zero-order valence-corrected chi connectivity index (χ0v) is 15.7. The third kappa shape index (κ3) is 4.82. The number of anilines is 1. The lowest BCUT2D eigenvalue weighted by Crippen LogP contribution is -2.24. The van der Waals surface area contributed by atoms with Crippen molar-refractivity contribution >= 4 is 11.6 Å². The first-order valence-corrected chi connectivity index (χ1v) is 9.28. The lowest BCUT2D eigenvalue weighted by molar-refractivity contribution is 0.0946. The van der Waals surface area contributed by atoms with Crippen molar-refractivity contribution in [3.63, 3.8) is 0 Å². The van der Waals surface area contributed by atoms with Gasteiger partial charge in [-0.2, -0.15) is 0 Å². The van der Waals surface area contributed by atoms with E-state index in [9.17, 15) is 9.18 Å². The Hall–Kier alpha value is -3.61. The fourth-order valence-electron chi connectivity index (χ4n) is 2.99. The second-order valence-corrected chi connectivity index (χ2v) is 6.60. The van der Waals surface area contributed by atoms with E-state index in [-0.39, 0.29) is 18.5 Å². The van der Waals surface area contributed by atoms with Crippen LogP contribution in [0.3, 0.4) is 0 Å². The van der Waals surface area contributed by atoms with E-state index < -0.39 is 0 Å². The Kier molecular flexibility index (Phi) is 5.56. The van der Waals surface area contributed by atoms with E-state index in [2.05, 4.69) is 15.6 Å². The second kappa shape index (κ2) is 8.60. The summed E-state index contributed by atoms with van der Waals surface area (Å²) in [4.78, 5) is 16.6. The van der Waals surface area contributed by atoms with Gasteiger partial charge in [-0.05, 0) is 53.9 Å². The van der Waals surface area contributed by atoms with Gasteiger partial charge in [0.1, 0.15) is 11.5 Å². The van der Waals surface area contributed by atoms with E-state index in [1.807, 2.05) is 18.2 Å². The van der Waals surface area contributed by atoms with Gasteiger partial charge in [0, 0.05) is 25.0 Å². The summed E-state index contributed by atoms with van der Waals surface area (Å²) in [6.07, 6.45) is 2.34. The number of nitrogens with one attached hydrogen (secondary N) is 2. The summed E-state index contributed by atoms with van der Waals surface area (Å²) < 4.78 is 23.6. The largest absolute Gasteiger partial charge is 0.454 e. The molecule has 1 aliphatic rings. The second-order valence-electron chi connectivity index (χ2n) is 6.60. The number of hydrogen-bond donors (Lipinski definition) is 2. The number of hydrogen-bond acceptors (Lipinski definition) is 5. The molecule has 2 heterocycles. The molecule has 0 spiro atoms. The van der Waals surface area contributed by atoms with Crippen LogP contribution in [0.25, 0.3) is 0 Å². The number of carbonyl (C=O) groups excluding carboxylic acids is 1. The number of pyridine rings is 1. The van der Waals surface area contributed by atoms with Crippen molar-refractivity contribution in [1.29, 1.82) is 0 Å². The third-order valence-corrected chi connectivity index (χ3v) is 4.54. The van der Waals surface area contributed by atoms with E-state index in [0.717, 1.165) is 23.2 Å². The van der Waals surface area contributed by atoms with Crippen molar-refractivity contribution in [2.45, 2.75) is 13.0 Å². The van der Waals surface area contributed by atoms with Crippen LogP contribution in [-0.2, 0) is 13.0 Å². The number of fused-ring (bicyclic) bond motifs is 1. The van der Waals surface area contributed by atoms with Gasteiger partial charge in [-0.1, -0.05) is 18.2 Å². The van der Waals surface area contributed by atoms with E-state index in [4.69, 9.17) is 9.47 Å². The lowest BCUT2D eigenvalue weighted by atomic mass is 10.1. The molecule has 0 fully saturated rings. The van der Waals surface area contributed by atoms with Crippen LogP contribution in [-0.4, -0.2) is 24.2 Å². The van der Waals surface area contributed by atoms with Crippen LogP contribution in [0.15, 0.2) is 60.8 Å². The maximum Gasteiger partial charge on any atom is 0.270 e. The molecule has 148 valence electrons. The van der Waals surface area contributed by atoms with Crippen molar-refractivity contribution in [3.05, 3.63) is 83.4 Å². The molecule has 0 radical (unpaired) electrons. The number of amides is 1. The van der Waals surface area contributed by atoms with Crippen LogP contribution in [0.4, 0.5) is 10.1 Å². The first-order valence-electron chi connectivity index (χ1n) is 9.28. The molecule has 29 heavy (non-hydrogen) atoms. The van der Waals surface area contributed by atoms with Crippen LogP contribution < -0.4 is 20.1 Å². The Morgan fingerprint density at radius 2 is 1.79 bits per heavy atom. The molecule has 0 atom stereocenters. The van der Waals surface area contributed by atoms with Gasteiger partial charge in [-0.3, -0.25) is 9.78 Å². The van der Waals surface area contributed by atoms with Crippen molar-refractivity contribution < 1.29 is 18.7 Å². The van der Waals surface area contributed by atoms with Crippen LogP contribution in [0, 0.1) is 5.82 Å². The molecule has 4 rings (SSSR count). The molecular weight excluding hydrogens is 373 g/mol. The Morgan fingerprint density at radius 3 is 2.66 bits per heavy atom. The molecule has 7 heteroatoms. The van der Waals surface area contributed by atoms with E-state index in [1.54, 1.807) is 30.5 Å². The number of ether oxygens (including phenoxy) is 2. The number of nitrogens with zero attached hydrogens (tertiary/aromatic N) is 1. The first-order chi connectivity index (χ1) is 14.2.